The van der Waals surface area contributed by atoms with Crippen LogP contribution < -0.4 is 5.32 Å². The van der Waals surface area contributed by atoms with Crippen LogP contribution in [0.25, 0.3) is 0 Å². The second-order valence-electron chi connectivity index (χ2n) is 5.59. The number of hydrogen-bond acceptors (Lipinski definition) is 3. The minimum Gasteiger partial charge on any atom is -0.311 e. The lowest BCUT2D eigenvalue weighted by molar-refractivity contribution is 0.0750. The quantitative estimate of drug-likeness (QED) is 0.845. The lowest BCUT2D eigenvalue weighted by Crippen LogP contribution is -2.56. The lowest BCUT2D eigenvalue weighted by Gasteiger charge is -2.44. The normalized spacial score (nSPS) is 26.5. The molecule has 1 aromatic rings. The van der Waals surface area contributed by atoms with E-state index in [1.807, 2.05) is 11.3 Å². The van der Waals surface area contributed by atoms with E-state index < -0.39 is 0 Å². The van der Waals surface area contributed by atoms with Gasteiger partial charge in [-0.15, -0.1) is 11.3 Å². The van der Waals surface area contributed by atoms with Gasteiger partial charge in [0, 0.05) is 36.1 Å². The number of rotatable bonds is 6. The molecule has 3 heteroatoms. The zero-order valence-electron chi connectivity index (χ0n) is 12.6. The van der Waals surface area contributed by atoms with E-state index >= 15 is 0 Å². The van der Waals surface area contributed by atoms with Crippen LogP contribution in [0, 0.1) is 0 Å². The molecule has 0 aliphatic carbocycles. The first kappa shape index (κ1) is 15.0. The molecule has 0 aromatic carbocycles. The van der Waals surface area contributed by atoms with Crippen LogP contribution >= 0.6 is 11.3 Å². The fourth-order valence-electron chi connectivity index (χ4n) is 3.27. The van der Waals surface area contributed by atoms with Gasteiger partial charge in [-0.3, -0.25) is 4.90 Å². The lowest BCUT2D eigenvalue weighted by atomic mass is 9.99. The summed E-state index contributed by atoms with van der Waals surface area (Å²) in [6.07, 6.45) is 5.04. The monoisotopic (exact) mass is 280 g/mol. The summed E-state index contributed by atoms with van der Waals surface area (Å²) in [6, 6.07) is 6.49. The highest BCUT2D eigenvalue weighted by Crippen LogP contribution is 2.32. The van der Waals surface area contributed by atoms with Gasteiger partial charge in [0.05, 0.1) is 0 Å². The van der Waals surface area contributed by atoms with Crippen molar-refractivity contribution in [2.75, 3.05) is 13.1 Å². The summed E-state index contributed by atoms with van der Waals surface area (Å²) in [5.74, 6) is 0. The van der Waals surface area contributed by atoms with Crippen LogP contribution in [0.5, 0.6) is 0 Å². The molecule has 0 bridgehead atoms. The van der Waals surface area contributed by atoms with Gasteiger partial charge >= 0.3 is 0 Å². The third kappa shape index (κ3) is 3.59. The van der Waals surface area contributed by atoms with Gasteiger partial charge in [0.25, 0.3) is 0 Å². The fourth-order valence-corrected chi connectivity index (χ4v) is 4.20. The number of thiophene rings is 1. The Balaban J connectivity index is 2.11. The molecule has 1 N–H and O–H groups in total. The van der Waals surface area contributed by atoms with E-state index in [-0.39, 0.29) is 0 Å². The Morgan fingerprint density at radius 2 is 2.26 bits per heavy atom. The number of nitrogens with zero attached hydrogens (tertiary/aromatic N) is 1. The highest BCUT2D eigenvalue weighted by molar-refractivity contribution is 7.10. The number of piperazine rings is 1. The average molecular weight is 280 g/mol. The van der Waals surface area contributed by atoms with Gasteiger partial charge < -0.3 is 5.32 Å². The SMILES string of the molecule is CCCC1CN(C(CC)c2cccs2)C(CC)CN1. The van der Waals surface area contributed by atoms with Crippen LogP contribution in [-0.2, 0) is 0 Å². The molecule has 0 spiro atoms. The average Bonchev–Trinajstić information content (AvgIpc) is 2.94. The molecule has 1 aliphatic heterocycles. The molecule has 2 rings (SSSR count). The third-order valence-corrected chi connectivity index (χ3v) is 5.28. The van der Waals surface area contributed by atoms with E-state index in [1.54, 1.807) is 0 Å². The van der Waals surface area contributed by atoms with Crippen LogP contribution in [0.15, 0.2) is 17.5 Å². The van der Waals surface area contributed by atoms with Gasteiger partial charge in [-0.05, 0) is 30.7 Å². The van der Waals surface area contributed by atoms with Crippen molar-refractivity contribution in [1.82, 2.24) is 10.2 Å². The molecule has 1 fully saturated rings. The molecule has 1 saturated heterocycles. The molecule has 3 atom stereocenters. The predicted molar refractivity (Wildman–Crippen MR) is 84.8 cm³/mol. The van der Waals surface area contributed by atoms with E-state index in [1.165, 1.54) is 37.1 Å². The molecule has 2 heterocycles. The largest absolute Gasteiger partial charge is 0.311 e. The summed E-state index contributed by atoms with van der Waals surface area (Å²) in [6.45, 7) is 9.30. The zero-order valence-corrected chi connectivity index (χ0v) is 13.4. The molecule has 1 aromatic heterocycles. The van der Waals surface area contributed by atoms with Crippen molar-refractivity contribution in [3.63, 3.8) is 0 Å². The van der Waals surface area contributed by atoms with Crippen LogP contribution in [-0.4, -0.2) is 30.1 Å². The second-order valence-corrected chi connectivity index (χ2v) is 6.57. The van der Waals surface area contributed by atoms with Gasteiger partial charge in [0.15, 0.2) is 0 Å². The van der Waals surface area contributed by atoms with E-state index in [4.69, 9.17) is 0 Å². The number of hydrogen-bond donors (Lipinski definition) is 1. The molecular weight excluding hydrogens is 252 g/mol. The first-order valence-corrected chi connectivity index (χ1v) is 8.70. The van der Waals surface area contributed by atoms with Crippen molar-refractivity contribution < 1.29 is 0 Å². The summed E-state index contributed by atoms with van der Waals surface area (Å²) in [5, 5.41) is 5.95. The van der Waals surface area contributed by atoms with Crippen molar-refractivity contribution in [3.8, 4) is 0 Å². The summed E-state index contributed by atoms with van der Waals surface area (Å²) in [4.78, 5) is 4.31. The minimum absolute atomic E-state index is 0.617. The fraction of sp³-hybridized carbons (Fsp3) is 0.750. The smallest absolute Gasteiger partial charge is 0.0443 e. The minimum atomic E-state index is 0.617. The summed E-state index contributed by atoms with van der Waals surface area (Å²) in [5.41, 5.74) is 0. The maximum Gasteiger partial charge on any atom is 0.0443 e. The van der Waals surface area contributed by atoms with E-state index in [0.29, 0.717) is 18.1 Å². The van der Waals surface area contributed by atoms with Crippen molar-refractivity contribution in [3.05, 3.63) is 22.4 Å². The van der Waals surface area contributed by atoms with E-state index in [0.717, 1.165) is 6.54 Å². The van der Waals surface area contributed by atoms with Gasteiger partial charge in [0.1, 0.15) is 0 Å². The standard InChI is InChI=1S/C16H28N2S/c1-4-8-13-12-18(14(5-2)11-17-13)15(6-3)16-9-7-10-19-16/h7,9-10,13-15,17H,4-6,8,11-12H2,1-3H3. The summed E-state index contributed by atoms with van der Waals surface area (Å²) >= 11 is 1.91. The maximum atomic E-state index is 3.74. The van der Waals surface area contributed by atoms with Crippen molar-refractivity contribution in [2.24, 2.45) is 0 Å². The third-order valence-electron chi connectivity index (χ3n) is 4.31. The number of nitrogens with one attached hydrogen (secondary N) is 1. The first-order valence-electron chi connectivity index (χ1n) is 7.82. The van der Waals surface area contributed by atoms with Gasteiger partial charge in [-0.1, -0.05) is 33.3 Å². The molecule has 0 amide bonds. The Labute approximate surface area is 122 Å². The maximum absolute atomic E-state index is 3.74. The van der Waals surface area contributed by atoms with E-state index in [9.17, 15) is 0 Å². The molecule has 2 nitrogen and oxygen atoms in total. The van der Waals surface area contributed by atoms with Crippen LogP contribution in [0.1, 0.15) is 57.4 Å². The molecule has 3 unspecified atom stereocenters. The van der Waals surface area contributed by atoms with Crippen molar-refractivity contribution >= 4 is 11.3 Å². The Hall–Kier alpha value is -0.380. The van der Waals surface area contributed by atoms with Gasteiger partial charge in [-0.25, -0.2) is 0 Å². The second kappa shape index (κ2) is 7.41. The van der Waals surface area contributed by atoms with Crippen LogP contribution in [0.3, 0.4) is 0 Å². The Morgan fingerprint density at radius 1 is 1.42 bits per heavy atom. The van der Waals surface area contributed by atoms with E-state index in [2.05, 4.69) is 48.5 Å². The molecule has 108 valence electrons. The Morgan fingerprint density at radius 3 is 2.84 bits per heavy atom. The summed E-state index contributed by atoms with van der Waals surface area (Å²) < 4.78 is 0. The molecule has 0 radical (unpaired) electrons. The van der Waals surface area contributed by atoms with Crippen LogP contribution in [0.4, 0.5) is 0 Å². The summed E-state index contributed by atoms with van der Waals surface area (Å²) in [7, 11) is 0. The molecule has 1 aliphatic rings. The first-order chi connectivity index (χ1) is 9.30. The predicted octanol–water partition coefficient (Wildman–Crippen LogP) is 4.05. The van der Waals surface area contributed by atoms with Gasteiger partial charge in [0.2, 0.25) is 0 Å². The highest BCUT2D eigenvalue weighted by atomic mass is 32.1. The molecular formula is C16H28N2S. The molecule has 19 heavy (non-hydrogen) atoms. The highest BCUT2D eigenvalue weighted by Gasteiger charge is 2.31. The van der Waals surface area contributed by atoms with Crippen LogP contribution in [0.2, 0.25) is 0 Å². The Bertz CT molecular complexity index is 350. The van der Waals surface area contributed by atoms with Gasteiger partial charge in [-0.2, -0.15) is 0 Å². The van der Waals surface area contributed by atoms with Crippen molar-refractivity contribution in [2.45, 2.75) is 64.6 Å². The topological polar surface area (TPSA) is 15.3 Å². The Kier molecular flexibility index (Phi) is 5.86. The zero-order chi connectivity index (χ0) is 13.7. The van der Waals surface area contributed by atoms with Crippen molar-refractivity contribution in [1.29, 1.82) is 0 Å². The molecule has 0 saturated carbocycles.